The molecule has 1 aromatic carbocycles. The van der Waals surface area contributed by atoms with Crippen molar-refractivity contribution in [2.45, 2.75) is 39.7 Å². The largest absolute Gasteiger partial charge is 0.347 e. The van der Waals surface area contributed by atoms with E-state index >= 15 is 0 Å². The summed E-state index contributed by atoms with van der Waals surface area (Å²) in [7, 11) is 0. The third kappa shape index (κ3) is 4.69. The van der Waals surface area contributed by atoms with Gasteiger partial charge >= 0.3 is 0 Å². The lowest BCUT2D eigenvalue weighted by atomic mass is 10.0. The summed E-state index contributed by atoms with van der Waals surface area (Å²) in [6, 6.07) is 11.9. The number of aryl methyl sites for hydroxylation is 1. The lowest BCUT2D eigenvalue weighted by molar-refractivity contribution is 0.0946. The van der Waals surface area contributed by atoms with Gasteiger partial charge in [0, 0.05) is 25.4 Å². The Morgan fingerprint density at radius 3 is 2.58 bits per heavy atom. The lowest BCUT2D eigenvalue weighted by Gasteiger charge is -2.07. The number of rotatable bonds is 7. The molecule has 0 saturated carbocycles. The van der Waals surface area contributed by atoms with Crippen LogP contribution in [0.4, 0.5) is 0 Å². The second-order valence-corrected chi connectivity index (χ2v) is 7.52. The standard InChI is InChI=1S/C23H24N6O2/c1-4-20-27-23(31-28-20)18-9-10-21(24-12-18)29-13-19(26-14-29)22(30)25-11-16-5-7-17(8-6-16)15(2)3/h5-10,12-15H,4,11H2,1-3H3,(H,25,30). The van der Waals surface area contributed by atoms with Gasteiger partial charge in [-0.3, -0.25) is 9.36 Å². The molecule has 0 saturated heterocycles. The first-order chi connectivity index (χ1) is 15.0. The van der Waals surface area contributed by atoms with Crippen LogP contribution in [0.25, 0.3) is 17.3 Å². The molecular weight excluding hydrogens is 392 g/mol. The number of hydrogen-bond donors (Lipinski definition) is 1. The first-order valence-corrected chi connectivity index (χ1v) is 10.2. The van der Waals surface area contributed by atoms with E-state index in [0.717, 1.165) is 11.1 Å². The number of carbonyl (C=O) groups excluding carboxylic acids is 1. The number of hydrogen-bond acceptors (Lipinski definition) is 6. The van der Waals surface area contributed by atoms with E-state index < -0.39 is 0 Å². The maximum Gasteiger partial charge on any atom is 0.271 e. The van der Waals surface area contributed by atoms with Gasteiger partial charge in [0.15, 0.2) is 5.82 Å². The molecule has 0 radical (unpaired) electrons. The van der Waals surface area contributed by atoms with E-state index in [9.17, 15) is 4.79 Å². The van der Waals surface area contributed by atoms with E-state index in [1.165, 1.54) is 5.56 Å². The summed E-state index contributed by atoms with van der Waals surface area (Å²) < 4.78 is 6.93. The van der Waals surface area contributed by atoms with Crippen molar-refractivity contribution < 1.29 is 9.32 Å². The molecule has 4 aromatic rings. The molecule has 8 nitrogen and oxygen atoms in total. The van der Waals surface area contributed by atoms with Crippen LogP contribution in [0, 0.1) is 0 Å². The van der Waals surface area contributed by atoms with Crippen molar-refractivity contribution in [2.24, 2.45) is 0 Å². The zero-order valence-corrected chi connectivity index (χ0v) is 17.7. The quantitative estimate of drug-likeness (QED) is 0.490. The highest BCUT2D eigenvalue weighted by Gasteiger charge is 2.12. The Bertz CT molecular complexity index is 1160. The number of benzene rings is 1. The van der Waals surface area contributed by atoms with E-state index in [2.05, 4.69) is 51.4 Å². The summed E-state index contributed by atoms with van der Waals surface area (Å²) in [5.41, 5.74) is 3.38. The van der Waals surface area contributed by atoms with Gasteiger partial charge in [-0.1, -0.05) is 50.2 Å². The topological polar surface area (TPSA) is 98.7 Å². The summed E-state index contributed by atoms with van der Waals surface area (Å²) in [6.07, 6.45) is 5.58. The second-order valence-electron chi connectivity index (χ2n) is 7.52. The van der Waals surface area contributed by atoms with Crippen molar-refractivity contribution in [3.63, 3.8) is 0 Å². The zero-order valence-electron chi connectivity index (χ0n) is 17.7. The molecule has 8 heteroatoms. The monoisotopic (exact) mass is 416 g/mol. The van der Waals surface area contributed by atoms with E-state index in [0.29, 0.717) is 42.1 Å². The van der Waals surface area contributed by atoms with E-state index in [-0.39, 0.29) is 5.91 Å². The average Bonchev–Trinajstić information content (AvgIpc) is 3.48. The van der Waals surface area contributed by atoms with Crippen LogP contribution in [0.2, 0.25) is 0 Å². The molecule has 0 fully saturated rings. The van der Waals surface area contributed by atoms with Crippen molar-refractivity contribution in [3.8, 4) is 17.3 Å². The number of pyridine rings is 1. The van der Waals surface area contributed by atoms with Gasteiger partial charge in [-0.2, -0.15) is 4.98 Å². The summed E-state index contributed by atoms with van der Waals surface area (Å²) in [5.74, 6) is 1.97. The predicted octanol–water partition coefficient (Wildman–Crippen LogP) is 3.93. The number of carbonyl (C=O) groups is 1. The highest BCUT2D eigenvalue weighted by molar-refractivity contribution is 5.92. The molecule has 1 amide bonds. The van der Waals surface area contributed by atoms with Crippen molar-refractivity contribution in [3.05, 3.63) is 77.8 Å². The molecule has 0 aliphatic heterocycles. The molecule has 4 rings (SSSR count). The number of nitrogens with zero attached hydrogens (tertiary/aromatic N) is 5. The SMILES string of the molecule is CCc1noc(-c2ccc(-n3cnc(C(=O)NCc4ccc(C(C)C)cc4)c3)nc2)n1. The van der Waals surface area contributed by atoms with E-state index in [1.54, 1.807) is 23.3 Å². The van der Waals surface area contributed by atoms with Crippen LogP contribution in [-0.2, 0) is 13.0 Å². The van der Waals surface area contributed by atoms with Crippen LogP contribution in [-0.4, -0.2) is 30.6 Å². The molecular formula is C23H24N6O2. The normalized spacial score (nSPS) is 11.1. The van der Waals surface area contributed by atoms with Crippen LogP contribution in [0.15, 0.2) is 59.6 Å². The van der Waals surface area contributed by atoms with Gasteiger partial charge in [0.25, 0.3) is 11.8 Å². The van der Waals surface area contributed by atoms with Gasteiger partial charge < -0.3 is 9.84 Å². The van der Waals surface area contributed by atoms with Crippen molar-refractivity contribution in [1.82, 2.24) is 30.0 Å². The molecule has 3 aromatic heterocycles. The third-order valence-electron chi connectivity index (χ3n) is 4.96. The average molecular weight is 416 g/mol. The minimum atomic E-state index is -0.235. The number of imidazole rings is 1. The fraction of sp³-hybridized carbons (Fsp3) is 0.261. The Kier molecular flexibility index (Phi) is 5.88. The first kappa shape index (κ1) is 20.5. The van der Waals surface area contributed by atoms with Gasteiger partial charge in [-0.15, -0.1) is 0 Å². The van der Waals surface area contributed by atoms with E-state index in [4.69, 9.17) is 4.52 Å². The summed E-state index contributed by atoms with van der Waals surface area (Å²) in [6.45, 7) is 6.72. The maximum absolute atomic E-state index is 12.5. The van der Waals surface area contributed by atoms with Crippen LogP contribution >= 0.6 is 0 Å². The molecule has 0 unspecified atom stereocenters. The Morgan fingerprint density at radius 1 is 1.13 bits per heavy atom. The van der Waals surface area contributed by atoms with Crippen molar-refractivity contribution in [2.75, 3.05) is 0 Å². The maximum atomic E-state index is 12.5. The number of nitrogens with one attached hydrogen (secondary N) is 1. The molecule has 0 aliphatic rings. The number of amides is 1. The summed E-state index contributed by atoms with van der Waals surface area (Å²) in [4.78, 5) is 25.4. The Hall–Kier alpha value is -3.81. The van der Waals surface area contributed by atoms with Gasteiger partial charge in [0.05, 0.1) is 5.56 Å². The summed E-state index contributed by atoms with van der Waals surface area (Å²) in [5, 5.41) is 6.80. The lowest BCUT2D eigenvalue weighted by Crippen LogP contribution is -2.23. The Balaban J connectivity index is 1.39. The highest BCUT2D eigenvalue weighted by atomic mass is 16.5. The molecule has 31 heavy (non-hydrogen) atoms. The molecule has 0 atom stereocenters. The molecule has 0 bridgehead atoms. The number of aromatic nitrogens is 5. The Labute approximate surface area is 180 Å². The second kappa shape index (κ2) is 8.91. The molecule has 0 spiro atoms. The smallest absolute Gasteiger partial charge is 0.271 e. The van der Waals surface area contributed by atoms with Crippen LogP contribution in [0.5, 0.6) is 0 Å². The minimum Gasteiger partial charge on any atom is -0.347 e. The van der Waals surface area contributed by atoms with Gasteiger partial charge in [-0.25, -0.2) is 9.97 Å². The molecule has 158 valence electrons. The highest BCUT2D eigenvalue weighted by Crippen LogP contribution is 2.18. The first-order valence-electron chi connectivity index (χ1n) is 10.2. The molecule has 3 heterocycles. The van der Waals surface area contributed by atoms with Crippen molar-refractivity contribution in [1.29, 1.82) is 0 Å². The van der Waals surface area contributed by atoms with Gasteiger partial charge in [0.1, 0.15) is 17.8 Å². The van der Waals surface area contributed by atoms with Crippen LogP contribution in [0.1, 0.15) is 54.1 Å². The van der Waals surface area contributed by atoms with E-state index in [1.807, 2.05) is 31.2 Å². The Morgan fingerprint density at radius 2 is 1.94 bits per heavy atom. The predicted molar refractivity (Wildman–Crippen MR) is 116 cm³/mol. The van der Waals surface area contributed by atoms with Crippen molar-refractivity contribution >= 4 is 5.91 Å². The van der Waals surface area contributed by atoms with Crippen LogP contribution < -0.4 is 5.32 Å². The molecule has 1 N–H and O–H groups in total. The minimum absolute atomic E-state index is 0.235. The van der Waals surface area contributed by atoms with Gasteiger partial charge in [0.2, 0.25) is 0 Å². The summed E-state index contributed by atoms with van der Waals surface area (Å²) >= 11 is 0. The third-order valence-corrected chi connectivity index (χ3v) is 4.96. The fourth-order valence-electron chi connectivity index (χ4n) is 3.04. The zero-order chi connectivity index (χ0) is 21.8. The molecule has 0 aliphatic carbocycles. The van der Waals surface area contributed by atoms with Gasteiger partial charge in [-0.05, 0) is 29.2 Å². The van der Waals surface area contributed by atoms with Crippen LogP contribution in [0.3, 0.4) is 0 Å². The fourth-order valence-corrected chi connectivity index (χ4v) is 3.04.